The zero-order valence-corrected chi connectivity index (χ0v) is 9.01. The number of carbonyl (C=O) groups excluding carboxylic acids is 1. The van der Waals surface area contributed by atoms with Gasteiger partial charge in [-0.25, -0.2) is 0 Å². The summed E-state index contributed by atoms with van der Waals surface area (Å²) in [4.78, 5) is 12.9. The number of hydrogen-bond donors (Lipinski definition) is 1. The van der Waals surface area contributed by atoms with Gasteiger partial charge in [-0.2, -0.15) is 0 Å². The van der Waals surface area contributed by atoms with Gasteiger partial charge in [0.15, 0.2) is 0 Å². The molecule has 0 aromatic carbocycles. The van der Waals surface area contributed by atoms with E-state index < -0.39 is 16.8 Å². The molecule has 1 rings (SSSR count). The second-order valence-corrected chi connectivity index (χ2v) is 4.33. The highest BCUT2D eigenvalue weighted by Crippen LogP contribution is 2.09. The molecule has 0 spiro atoms. The topological polar surface area (TPSA) is 72.5 Å². The monoisotopic (exact) mass is 219 g/mol. The van der Waals surface area contributed by atoms with Crippen LogP contribution < -0.4 is 5.32 Å². The number of nitrogens with zero attached hydrogens (tertiary/aromatic N) is 1. The summed E-state index contributed by atoms with van der Waals surface area (Å²) in [6, 6.07) is 0.187. The summed E-state index contributed by atoms with van der Waals surface area (Å²) in [5.74, 6) is -0.717. The summed E-state index contributed by atoms with van der Waals surface area (Å²) in [7, 11) is 1.67. The molecule has 0 bridgehead atoms. The van der Waals surface area contributed by atoms with Crippen molar-refractivity contribution >= 4 is 17.0 Å². The molecule has 6 heteroatoms. The van der Waals surface area contributed by atoms with Crippen LogP contribution >= 0.6 is 0 Å². The van der Waals surface area contributed by atoms with E-state index in [1.165, 1.54) is 0 Å². The molecule has 14 heavy (non-hydrogen) atoms. The molecule has 0 aromatic heterocycles. The Kier molecular flexibility index (Phi) is 4.50. The van der Waals surface area contributed by atoms with Crippen LogP contribution in [0.3, 0.4) is 0 Å². The fourth-order valence-corrected chi connectivity index (χ4v) is 2.01. The lowest BCUT2D eigenvalue weighted by Crippen LogP contribution is -2.45. The van der Waals surface area contributed by atoms with Crippen LogP contribution in [-0.2, 0) is 15.9 Å². The van der Waals surface area contributed by atoms with E-state index in [1.54, 1.807) is 11.9 Å². The van der Waals surface area contributed by atoms with Crippen molar-refractivity contribution in [3.05, 3.63) is 0 Å². The van der Waals surface area contributed by atoms with E-state index in [1.807, 2.05) is 0 Å². The van der Waals surface area contributed by atoms with Gasteiger partial charge in [0, 0.05) is 13.1 Å². The highest BCUT2D eigenvalue weighted by molar-refractivity contribution is 7.79. The maximum absolute atomic E-state index is 11.4. The number of nitrogens with one attached hydrogen (secondary N) is 1. The van der Waals surface area contributed by atoms with Crippen molar-refractivity contribution in [2.75, 3.05) is 25.9 Å². The SMILES string of the molecule is CN(C(=O)CS(=O)[O-])C1CCNCC1. The number of amides is 1. The minimum Gasteiger partial charge on any atom is -0.772 e. The molecule has 5 nitrogen and oxygen atoms in total. The third kappa shape index (κ3) is 3.36. The van der Waals surface area contributed by atoms with Crippen LogP contribution in [0.2, 0.25) is 0 Å². The molecule has 1 aliphatic rings. The molecule has 0 aromatic rings. The van der Waals surface area contributed by atoms with Crippen LogP contribution in [0.1, 0.15) is 12.8 Å². The Balaban J connectivity index is 2.41. The zero-order chi connectivity index (χ0) is 10.6. The predicted octanol–water partition coefficient (Wildman–Crippen LogP) is -0.924. The number of rotatable bonds is 3. The van der Waals surface area contributed by atoms with Crippen LogP contribution in [0.15, 0.2) is 0 Å². The Hall–Kier alpha value is -0.460. The quantitative estimate of drug-likeness (QED) is 0.623. The molecular weight excluding hydrogens is 204 g/mol. The Morgan fingerprint density at radius 1 is 1.57 bits per heavy atom. The lowest BCUT2D eigenvalue weighted by Gasteiger charge is -2.31. The third-order valence-electron chi connectivity index (χ3n) is 2.49. The van der Waals surface area contributed by atoms with E-state index in [0.29, 0.717) is 0 Å². The zero-order valence-electron chi connectivity index (χ0n) is 8.19. The van der Waals surface area contributed by atoms with Crippen LogP contribution in [0, 0.1) is 0 Å². The summed E-state index contributed by atoms with van der Waals surface area (Å²) in [6.45, 7) is 1.78. The van der Waals surface area contributed by atoms with Crippen LogP contribution in [0.25, 0.3) is 0 Å². The van der Waals surface area contributed by atoms with E-state index >= 15 is 0 Å². The van der Waals surface area contributed by atoms with Gasteiger partial charge in [0.1, 0.15) is 0 Å². The van der Waals surface area contributed by atoms with Gasteiger partial charge < -0.3 is 14.8 Å². The van der Waals surface area contributed by atoms with Gasteiger partial charge in [0.05, 0.1) is 5.75 Å². The fraction of sp³-hybridized carbons (Fsp3) is 0.875. The second-order valence-electron chi connectivity index (χ2n) is 3.43. The number of hydrogen-bond acceptors (Lipinski definition) is 4. The third-order valence-corrected chi connectivity index (χ3v) is 2.97. The molecular formula is C8H15N2O3S-. The molecule has 1 heterocycles. The Bertz CT molecular complexity index is 229. The average molecular weight is 219 g/mol. The highest BCUT2D eigenvalue weighted by atomic mass is 32.2. The van der Waals surface area contributed by atoms with Gasteiger partial charge in [0.25, 0.3) is 0 Å². The van der Waals surface area contributed by atoms with Crippen molar-refractivity contribution in [3.8, 4) is 0 Å². The molecule has 1 atom stereocenters. The first-order chi connectivity index (χ1) is 6.61. The smallest absolute Gasteiger partial charge is 0.234 e. The largest absolute Gasteiger partial charge is 0.772 e. The van der Waals surface area contributed by atoms with Gasteiger partial charge in [-0.05, 0) is 37.0 Å². The maximum Gasteiger partial charge on any atom is 0.234 e. The van der Waals surface area contributed by atoms with Crippen molar-refractivity contribution in [1.82, 2.24) is 10.2 Å². The van der Waals surface area contributed by atoms with Crippen molar-refractivity contribution in [3.63, 3.8) is 0 Å². The standard InChI is InChI=1S/C8H16N2O3S/c1-10(8(11)6-14(12)13)7-2-4-9-5-3-7/h7,9H,2-6H2,1H3,(H,12,13)/p-1. The van der Waals surface area contributed by atoms with Crippen LogP contribution in [-0.4, -0.2) is 51.5 Å². The van der Waals surface area contributed by atoms with Crippen molar-refractivity contribution in [1.29, 1.82) is 0 Å². The molecule has 1 saturated heterocycles. The minimum absolute atomic E-state index is 0.187. The summed E-state index contributed by atoms with van der Waals surface area (Å²) < 4.78 is 20.7. The van der Waals surface area contributed by atoms with Crippen LogP contribution in [0.5, 0.6) is 0 Å². The van der Waals surface area contributed by atoms with Crippen molar-refractivity contribution in [2.45, 2.75) is 18.9 Å². The summed E-state index contributed by atoms with van der Waals surface area (Å²) >= 11 is -2.28. The molecule has 0 saturated carbocycles. The molecule has 1 N–H and O–H groups in total. The second kappa shape index (κ2) is 5.43. The average Bonchev–Trinajstić information content (AvgIpc) is 2.17. The summed E-state index contributed by atoms with van der Waals surface area (Å²) in [5.41, 5.74) is 0. The van der Waals surface area contributed by atoms with E-state index in [9.17, 15) is 13.6 Å². The maximum atomic E-state index is 11.4. The first kappa shape index (κ1) is 11.6. The fourth-order valence-electron chi connectivity index (χ4n) is 1.60. The van der Waals surface area contributed by atoms with Crippen molar-refractivity contribution < 1.29 is 13.6 Å². The normalized spacial score (nSPS) is 20.4. The van der Waals surface area contributed by atoms with Gasteiger partial charge in [-0.1, -0.05) is 0 Å². The Morgan fingerprint density at radius 2 is 2.14 bits per heavy atom. The lowest BCUT2D eigenvalue weighted by molar-refractivity contribution is -0.129. The molecule has 1 fully saturated rings. The summed E-state index contributed by atoms with van der Waals surface area (Å²) in [5, 5.41) is 3.19. The van der Waals surface area contributed by atoms with Crippen molar-refractivity contribution in [2.24, 2.45) is 0 Å². The van der Waals surface area contributed by atoms with E-state index in [0.717, 1.165) is 25.9 Å². The molecule has 1 unspecified atom stereocenters. The van der Waals surface area contributed by atoms with Gasteiger partial charge in [-0.3, -0.25) is 9.00 Å². The molecule has 1 aliphatic heterocycles. The van der Waals surface area contributed by atoms with E-state index in [2.05, 4.69) is 5.32 Å². The number of piperidine rings is 1. The van der Waals surface area contributed by atoms with Gasteiger partial charge in [0.2, 0.25) is 5.91 Å². The van der Waals surface area contributed by atoms with Gasteiger partial charge in [-0.15, -0.1) is 0 Å². The first-order valence-electron chi connectivity index (χ1n) is 4.63. The molecule has 82 valence electrons. The van der Waals surface area contributed by atoms with Gasteiger partial charge >= 0.3 is 0 Å². The summed E-state index contributed by atoms with van der Waals surface area (Å²) in [6.07, 6.45) is 1.79. The number of carbonyl (C=O) groups is 1. The van der Waals surface area contributed by atoms with Crippen LogP contribution in [0.4, 0.5) is 0 Å². The minimum atomic E-state index is -2.28. The van der Waals surface area contributed by atoms with E-state index in [4.69, 9.17) is 0 Å². The predicted molar refractivity (Wildman–Crippen MR) is 52.4 cm³/mol. The van der Waals surface area contributed by atoms with E-state index in [-0.39, 0.29) is 11.9 Å². The lowest BCUT2D eigenvalue weighted by atomic mass is 10.1. The molecule has 0 radical (unpaired) electrons. The molecule has 0 aliphatic carbocycles. The Morgan fingerprint density at radius 3 is 2.64 bits per heavy atom. The Labute approximate surface area is 86.1 Å². The first-order valence-corrected chi connectivity index (χ1v) is 5.88. The highest BCUT2D eigenvalue weighted by Gasteiger charge is 2.21. The molecule has 1 amide bonds.